The van der Waals surface area contributed by atoms with Crippen molar-refractivity contribution in [2.24, 2.45) is 5.92 Å². The first-order chi connectivity index (χ1) is 9.77. The molecule has 2 rings (SSSR count). The van der Waals surface area contributed by atoms with Crippen molar-refractivity contribution in [1.29, 1.82) is 0 Å². The van der Waals surface area contributed by atoms with E-state index in [0.717, 1.165) is 6.54 Å². The van der Waals surface area contributed by atoms with Crippen LogP contribution < -0.4 is 0 Å². The fourth-order valence-electron chi connectivity index (χ4n) is 2.64. The zero-order chi connectivity index (χ0) is 15.6. The molecule has 0 amide bonds. The second kappa shape index (κ2) is 6.18. The molecule has 21 heavy (non-hydrogen) atoms. The molecule has 1 atom stereocenters. The van der Waals surface area contributed by atoms with Crippen LogP contribution in [-0.4, -0.2) is 29.1 Å². The van der Waals surface area contributed by atoms with E-state index in [1.165, 1.54) is 24.0 Å². The topological polar surface area (TPSA) is 40.5 Å². The summed E-state index contributed by atoms with van der Waals surface area (Å²) in [6, 6.07) is 8.78. The second-order valence-electron chi connectivity index (χ2n) is 7.31. The molecule has 1 saturated carbocycles. The van der Waals surface area contributed by atoms with E-state index < -0.39 is 5.97 Å². The van der Waals surface area contributed by atoms with Crippen LogP contribution in [0.1, 0.15) is 57.7 Å². The summed E-state index contributed by atoms with van der Waals surface area (Å²) in [5.74, 6) is -0.0468. The van der Waals surface area contributed by atoms with E-state index in [-0.39, 0.29) is 18.0 Å². The quantitative estimate of drug-likeness (QED) is 0.865. The molecule has 0 spiro atoms. The molecule has 0 aromatic heterocycles. The van der Waals surface area contributed by atoms with Crippen LogP contribution in [0.25, 0.3) is 0 Å². The van der Waals surface area contributed by atoms with E-state index in [9.17, 15) is 4.79 Å². The molecule has 1 unspecified atom stereocenters. The molecule has 1 aliphatic carbocycles. The lowest BCUT2D eigenvalue weighted by atomic mass is 9.86. The highest BCUT2D eigenvalue weighted by atomic mass is 16.4. The van der Waals surface area contributed by atoms with Crippen molar-refractivity contribution in [3.8, 4) is 0 Å². The highest BCUT2D eigenvalue weighted by Crippen LogP contribution is 2.33. The van der Waals surface area contributed by atoms with Gasteiger partial charge in [0, 0.05) is 12.6 Å². The maximum Gasteiger partial charge on any atom is 0.317 e. The van der Waals surface area contributed by atoms with Gasteiger partial charge in [0.25, 0.3) is 0 Å². The monoisotopic (exact) mass is 289 g/mol. The predicted molar refractivity (Wildman–Crippen MR) is 85.5 cm³/mol. The average Bonchev–Trinajstić information content (AvgIpc) is 3.20. The summed E-state index contributed by atoms with van der Waals surface area (Å²) in [6.07, 6.45) is 2.48. The Labute approximate surface area is 128 Å². The molecule has 1 fully saturated rings. The van der Waals surface area contributed by atoms with Crippen molar-refractivity contribution < 1.29 is 9.90 Å². The van der Waals surface area contributed by atoms with Gasteiger partial charge in [0.05, 0.1) is 6.54 Å². The first-order valence-corrected chi connectivity index (χ1v) is 7.83. The van der Waals surface area contributed by atoms with Crippen molar-refractivity contribution in [3.63, 3.8) is 0 Å². The summed E-state index contributed by atoms with van der Waals surface area (Å²) in [5.41, 5.74) is 2.66. The van der Waals surface area contributed by atoms with Gasteiger partial charge in [0.2, 0.25) is 0 Å². The van der Waals surface area contributed by atoms with Gasteiger partial charge >= 0.3 is 5.97 Å². The van der Waals surface area contributed by atoms with E-state index in [4.69, 9.17) is 5.11 Å². The lowest BCUT2D eigenvalue weighted by Gasteiger charge is -2.28. The van der Waals surface area contributed by atoms with Gasteiger partial charge in [-0.3, -0.25) is 9.69 Å². The normalized spacial score (nSPS) is 17.0. The number of hydrogen-bond donors (Lipinski definition) is 1. The predicted octanol–water partition coefficient (Wildman–Crippen LogP) is 3.84. The Kier molecular flexibility index (Phi) is 4.72. The molecule has 0 bridgehead atoms. The van der Waals surface area contributed by atoms with Gasteiger partial charge in [0.1, 0.15) is 0 Å². The third-order valence-corrected chi connectivity index (χ3v) is 4.33. The van der Waals surface area contributed by atoms with Crippen molar-refractivity contribution in [2.45, 2.75) is 52.0 Å². The zero-order valence-electron chi connectivity index (χ0n) is 13.6. The van der Waals surface area contributed by atoms with Gasteiger partial charge in [-0.1, -0.05) is 45.0 Å². The lowest BCUT2D eigenvalue weighted by molar-refractivity contribution is -0.139. The maximum atomic E-state index is 11.1. The van der Waals surface area contributed by atoms with Gasteiger partial charge < -0.3 is 5.11 Å². The fraction of sp³-hybridized carbons (Fsp3) is 0.611. The van der Waals surface area contributed by atoms with Crippen LogP contribution in [-0.2, 0) is 10.2 Å². The number of carboxylic acids is 1. The van der Waals surface area contributed by atoms with E-state index in [0.29, 0.717) is 5.92 Å². The van der Waals surface area contributed by atoms with Crippen molar-refractivity contribution in [2.75, 3.05) is 13.1 Å². The molecule has 1 aromatic rings. The highest BCUT2D eigenvalue weighted by Gasteiger charge is 2.28. The van der Waals surface area contributed by atoms with E-state index in [1.54, 1.807) is 0 Å². The van der Waals surface area contributed by atoms with Crippen LogP contribution in [0.3, 0.4) is 0 Å². The van der Waals surface area contributed by atoms with Gasteiger partial charge in [-0.15, -0.1) is 0 Å². The minimum atomic E-state index is -0.742. The molecule has 1 aromatic carbocycles. The Hall–Kier alpha value is -1.35. The average molecular weight is 289 g/mol. The smallest absolute Gasteiger partial charge is 0.317 e. The molecular formula is C18H27NO2. The summed E-state index contributed by atoms with van der Waals surface area (Å²) in [6.45, 7) is 9.74. The molecule has 3 heteroatoms. The molecule has 0 heterocycles. The number of hydrogen-bond acceptors (Lipinski definition) is 2. The van der Waals surface area contributed by atoms with Crippen LogP contribution in [0.5, 0.6) is 0 Å². The van der Waals surface area contributed by atoms with Gasteiger partial charge in [0.15, 0.2) is 0 Å². The van der Waals surface area contributed by atoms with Crippen LogP contribution in [0.4, 0.5) is 0 Å². The maximum absolute atomic E-state index is 11.1. The summed E-state index contributed by atoms with van der Waals surface area (Å²) < 4.78 is 0. The Morgan fingerprint density at radius 3 is 2.29 bits per heavy atom. The highest BCUT2D eigenvalue weighted by molar-refractivity contribution is 5.69. The summed E-state index contributed by atoms with van der Waals surface area (Å²) >= 11 is 0. The Bertz CT molecular complexity index is 483. The van der Waals surface area contributed by atoms with Crippen molar-refractivity contribution >= 4 is 5.97 Å². The Balaban J connectivity index is 2.11. The molecule has 1 aliphatic rings. The minimum Gasteiger partial charge on any atom is -0.480 e. The van der Waals surface area contributed by atoms with Crippen LogP contribution in [0.2, 0.25) is 0 Å². The second-order valence-corrected chi connectivity index (χ2v) is 7.31. The zero-order valence-corrected chi connectivity index (χ0v) is 13.6. The Morgan fingerprint density at radius 1 is 1.29 bits per heavy atom. The number of carboxylic acid groups (broad SMARTS) is 1. The molecule has 1 N–H and O–H groups in total. The van der Waals surface area contributed by atoms with Gasteiger partial charge in [-0.05, 0) is 42.2 Å². The van der Waals surface area contributed by atoms with Gasteiger partial charge in [-0.25, -0.2) is 0 Å². The number of aliphatic carboxylic acids is 1. The molecule has 0 radical (unpaired) electrons. The molecule has 116 valence electrons. The molecule has 0 aliphatic heterocycles. The van der Waals surface area contributed by atoms with Crippen LogP contribution in [0, 0.1) is 5.92 Å². The van der Waals surface area contributed by atoms with E-state index >= 15 is 0 Å². The fourth-order valence-corrected chi connectivity index (χ4v) is 2.64. The third-order valence-electron chi connectivity index (χ3n) is 4.33. The first-order valence-electron chi connectivity index (χ1n) is 7.83. The molecular weight excluding hydrogens is 262 g/mol. The van der Waals surface area contributed by atoms with E-state index in [2.05, 4.69) is 56.9 Å². The first kappa shape index (κ1) is 16.0. The number of rotatable bonds is 6. The number of carbonyl (C=O) groups is 1. The number of benzene rings is 1. The summed E-state index contributed by atoms with van der Waals surface area (Å²) in [5, 5.41) is 9.12. The summed E-state index contributed by atoms with van der Waals surface area (Å²) in [7, 11) is 0. The lowest BCUT2D eigenvalue weighted by Crippen LogP contribution is -2.34. The summed E-state index contributed by atoms with van der Waals surface area (Å²) in [4.78, 5) is 13.2. The van der Waals surface area contributed by atoms with Crippen LogP contribution >= 0.6 is 0 Å². The van der Waals surface area contributed by atoms with Gasteiger partial charge in [-0.2, -0.15) is 0 Å². The minimum absolute atomic E-state index is 0.124. The van der Waals surface area contributed by atoms with E-state index in [1.807, 2.05) is 0 Å². The van der Waals surface area contributed by atoms with Crippen molar-refractivity contribution in [1.82, 2.24) is 4.90 Å². The van der Waals surface area contributed by atoms with Crippen LogP contribution in [0.15, 0.2) is 24.3 Å². The molecule has 0 saturated heterocycles. The molecule has 3 nitrogen and oxygen atoms in total. The van der Waals surface area contributed by atoms with Crippen molar-refractivity contribution in [3.05, 3.63) is 35.4 Å². The SMILES string of the molecule is CC(c1ccc(C(C)(C)C)cc1)N(CC(=O)O)CC1CC1. The number of nitrogens with zero attached hydrogens (tertiary/aromatic N) is 1. The largest absolute Gasteiger partial charge is 0.480 e. The third kappa shape index (κ3) is 4.57. The standard InChI is InChI=1S/C18H27NO2/c1-13(19(12-17(20)21)11-14-5-6-14)15-7-9-16(10-8-15)18(2,3)4/h7-10,13-14H,5-6,11-12H2,1-4H3,(H,20,21). The Morgan fingerprint density at radius 2 is 1.86 bits per heavy atom.